The van der Waals surface area contributed by atoms with Gasteiger partial charge in [-0.1, -0.05) is 0 Å². The van der Waals surface area contributed by atoms with E-state index >= 15 is 0 Å². The lowest BCUT2D eigenvalue weighted by atomic mass is 10.2. The van der Waals surface area contributed by atoms with Gasteiger partial charge in [-0.2, -0.15) is 0 Å². The fourth-order valence-corrected chi connectivity index (χ4v) is 2.41. The fraction of sp³-hybridized carbons (Fsp3) is 0.263. The molecule has 2 aromatic rings. The molecule has 0 aliphatic heterocycles. The zero-order valence-corrected chi connectivity index (χ0v) is 14.8. The molecular weight excluding hydrogens is 337 g/mol. The molecule has 2 amide bonds. The summed E-state index contributed by atoms with van der Waals surface area (Å²) in [6, 6.07) is 13.1. The maximum Gasteiger partial charge on any atom is 0.275 e. The van der Waals surface area contributed by atoms with Gasteiger partial charge in [0.2, 0.25) is 5.91 Å². The van der Waals surface area contributed by atoms with Gasteiger partial charge in [-0.3, -0.25) is 9.59 Å². The topological polar surface area (TPSA) is 71.9 Å². The number of methoxy groups -OCH3 is 1. The lowest BCUT2D eigenvalue weighted by Gasteiger charge is -2.14. The van der Waals surface area contributed by atoms with E-state index in [9.17, 15) is 14.0 Å². The van der Waals surface area contributed by atoms with E-state index in [2.05, 4.69) is 10.6 Å². The Bertz CT molecular complexity index is 733. The van der Waals surface area contributed by atoms with Crippen LogP contribution in [0.4, 0.5) is 10.1 Å². The molecule has 0 aromatic heterocycles. The van der Waals surface area contributed by atoms with E-state index in [1.54, 1.807) is 7.11 Å². The smallest absolute Gasteiger partial charge is 0.275 e. The van der Waals surface area contributed by atoms with Crippen molar-refractivity contribution < 1.29 is 23.6 Å². The Labute approximate surface area is 152 Å². The molecule has 0 aliphatic rings. The lowest BCUT2D eigenvalue weighted by Crippen LogP contribution is -3.08. The first-order valence-electron chi connectivity index (χ1n) is 8.22. The fourth-order valence-electron chi connectivity index (χ4n) is 2.41. The Morgan fingerprint density at radius 3 is 2.31 bits per heavy atom. The van der Waals surface area contributed by atoms with Crippen molar-refractivity contribution in [2.45, 2.75) is 6.54 Å². The van der Waals surface area contributed by atoms with E-state index in [0.29, 0.717) is 12.2 Å². The summed E-state index contributed by atoms with van der Waals surface area (Å²) in [7, 11) is 3.52. The Morgan fingerprint density at radius 2 is 1.69 bits per heavy atom. The molecule has 0 radical (unpaired) electrons. The number of halogens is 1. The van der Waals surface area contributed by atoms with Crippen LogP contribution in [0.25, 0.3) is 0 Å². The maximum absolute atomic E-state index is 12.8. The van der Waals surface area contributed by atoms with E-state index < -0.39 is 0 Å². The quantitative estimate of drug-likeness (QED) is 0.646. The predicted octanol–water partition coefficient (Wildman–Crippen LogP) is 0.604. The van der Waals surface area contributed by atoms with Gasteiger partial charge < -0.3 is 20.3 Å². The Hall–Kier alpha value is -2.93. The Balaban J connectivity index is 1.71. The summed E-state index contributed by atoms with van der Waals surface area (Å²) in [5, 5.41) is 5.17. The van der Waals surface area contributed by atoms with Gasteiger partial charge in [0.25, 0.3) is 5.91 Å². The van der Waals surface area contributed by atoms with Crippen LogP contribution in [0, 0.1) is 5.82 Å². The van der Waals surface area contributed by atoms with Crippen molar-refractivity contribution in [2.75, 3.05) is 32.6 Å². The highest BCUT2D eigenvalue weighted by atomic mass is 19.1. The molecule has 138 valence electrons. The van der Waals surface area contributed by atoms with Crippen LogP contribution in [0.1, 0.15) is 5.56 Å². The van der Waals surface area contributed by atoms with Gasteiger partial charge in [0, 0.05) is 11.3 Å². The summed E-state index contributed by atoms with van der Waals surface area (Å²) in [4.78, 5) is 24.8. The number of hydrogen-bond donors (Lipinski definition) is 3. The van der Waals surface area contributed by atoms with Crippen molar-refractivity contribution >= 4 is 17.5 Å². The highest BCUT2D eigenvalue weighted by Gasteiger charge is 2.12. The second kappa shape index (κ2) is 9.53. The third-order valence-corrected chi connectivity index (χ3v) is 3.70. The minimum absolute atomic E-state index is 0.133. The van der Waals surface area contributed by atoms with Gasteiger partial charge >= 0.3 is 0 Å². The van der Waals surface area contributed by atoms with E-state index in [0.717, 1.165) is 16.2 Å². The normalized spacial score (nSPS) is 11.5. The van der Waals surface area contributed by atoms with Crippen LogP contribution < -0.4 is 20.3 Å². The first kappa shape index (κ1) is 19.4. The number of hydrogen-bond acceptors (Lipinski definition) is 3. The van der Waals surface area contributed by atoms with Gasteiger partial charge in [0.15, 0.2) is 6.54 Å². The summed E-state index contributed by atoms with van der Waals surface area (Å²) >= 11 is 0. The second-order valence-electron chi connectivity index (χ2n) is 5.99. The second-order valence-corrected chi connectivity index (χ2v) is 5.99. The summed E-state index contributed by atoms with van der Waals surface area (Å²) in [6.07, 6.45) is 0. The number of carbonyl (C=O) groups is 2. The van der Waals surface area contributed by atoms with Crippen LogP contribution in [0.15, 0.2) is 48.5 Å². The molecule has 1 unspecified atom stereocenters. The molecule has 0 saturated carbocycles. The summed E-state index contributed by atoms with van der Waals surface area (Å²) in [5.74, 6) is -0.168. The summed E-state index contributed by atoms with van der Waals surface area (Å²) in [5.41, 5.74) is 1.57. The third-order valence-electron chi connectivity index (χ3n) is 3.70. The van der Waals surface area contributed by atoms with Crippen LogP contribution in [0.2, 0.25) is 0 Å². The van der Waals surface area contributed by atoms with E-state index in [1.807, 2.05) is 31.3 Å². The van der Waals surface area contributed by atoms with Crippen LogP contribution in [0.3, 0.4) is 0 Å². The van der Waals surface area contributed by atoms with Gasteiger partial charge in [-0.25, -0.2) is 4.39 Å². The predicted molar refractivity (Wildman–Crippen MR) is 96.5 cm³/mol. The molecule has 0 spiro atoms. The third kappa shape index (κ3) is 6.52. The van der Waals surface area contributed by atoms with E-state index in [1.165, 1.54) is 24.3 Å². The zero-order valence-electron chi connectivity index (χ0n) is 14.8. The minimum Gasteiger partial charge on any atom is -0.497 e. The molecule has 0 aliphatic carbocycles. The number of ether oxygens (including phenoxy) is 1. The highest BCUT2D eigenvalue weighted by Crippen LogP contribution is 2.10. The molecule has 6 nitrogen and oxygen atoms in total. The lowest BCUT2D eigenvalue weighted by molar-refractivity contribution is -0.885. The Kier molecular flexibility index (Phi) is 7.11. The van der Waals surface area contributed by atoms with Crippen molar-refractivity contribution in [2.24, 2.45) is 0 Å². The molecule has 26 heavy (non-hydrogen) atoms. The monoisotopic (exact) mass is 360 g/mol. The average Bonchev–Trinajstić information content (AvgIpc) is 2.62. The van der Waals surface area contributed by atoms with Gasteiger partial charge in [0.1, 0.15) is 18.1 Å². The average molecular weight is 360 g/mol. The van der Waals surface area contributed by atoms with Crippen LogP contribution >= 0.6 is 0 Å². The van der Waals surface area contributed by atoms with Crippen molar-refractivity contribution in [1.82, 2.24) is 5.32 Å². The molecule has 3 N–H and O–H groups in total. The number of rotatable bonds is 8. The van der Waals surface area contributed by atoms with Gasteiger partial charge in [0.05, 0.1) is 20.7 Å². The first-order chi connectivity index (χ1) is 12.5. The summed E-state index contributed by atoms with van der Waals surface area (Å²) in [6.45, 7) is 0.793. The zero-order chi connectivity index (χ0) is 18.9. The van der Waals surface area contributed by atoms with Crippen molar-refractivity contribution in [3.05, 3.63) is 59.9 Å². The van der Waals surface area contributed by atoms with Crippen molar-refractivity contribution in [3.8, 4) is 5.75 Å². The summed E-state index contributed by atoms with van der Waals surface area (Å²) < 4.78 is 17.9. The molecule has 0 fully saturated rings. The SMILES string of the molecule is COc1ccc(C[NH+](C)CC(=O)NCC(=O)Nc2ccc(F)cc2)cc1. The highest BCUT2D eigenvalue weighted by molar-refractivity contribution is 5.94. The van der Waals surface area contributed by atoms with Crippen molar-refractivity contribution in [1.29, 1.82) is 0 Å². The molecule has 0 heterocycles. The molecule has 7 heteroatoms. The first-order valence-corrected chi connectivity index (χ1v) is 8.22. The molecule has 0 bridgehead atoms. The number of likely N-dealkylation sites (N-methyl/N-ethyl adjacent to an activating group) is 1. The van der Waals surface area contributed by atoms with Crippen LogP contribution in [-0.4, -0.2) is 39.1 Å². The number of benzene rings is 2. The number of anilines is 1. The number of quaternary nitrogens is 1. The Morgan fingerprint density at radius 1 is 1.04 bits per heavy atom. The van der Waals surface area contributed by atoms with E-state index in [4.69, 9.17) is 4.74 Å². The maximum atomic E-state index is 12.8. The number of carbonyl (C=O) groups excluding carboxylic acids is 2. The molecule has 2 aromatic carbocycles. The van der Waals surface area contributed by atoms with Crippen molar-refractivity contribution in [3.63, 3.8) is 0 Å². The standard InChI is InChI=1S/C19H22FN3O3/c1-23(12-14-3-9-17(26-2)10-4-14)13-19(25)21-11-18(24)22-16-7-5-15(20)6-8-16/h3-10H,11-13H2,1-2H3,(H,21,25)(H,22,24)/p+1. The van der Waals surface area contributed by atoms with Gasteiger partial charge in [-0.15, -0.1) is 0 Å². The van der Waals surface area contributed by atoms with Crippen LogP contribution in [0.5, 0.6) is 5.75 Å². The van der Waals surface area contributed by atoms with E-state index in [-0.39, 0.29) is 30.7 Å². The molecule has 0 saturated heterocycles. The molecule has 2 rings (SSSR count). The number of nitrogens with one attached hydrogen (secondary N) is 3. The molecule has 1 atom stereocenters. The van der Waals surface area contributed by atoms with Gasteiger partial charge in [-0.05, 0) is 48.5 Å². The molecular formula is C19H23FN3O3+. The number of amides is 2. The van der Waals surface area contributed by atoms with Crippen LogP contribution in [-0.2, 0) is 16.1 Å². The largest absolute Gasteiger partial charge is 0.497 e. The minimum atomic E-state index is -0.376.